The number of nitrogens with two attached hydrogens (primary N) is 1. The standard InChI is InChI=1S/C19H28N2O8S/c1-10-3-5-11(6-4-10)30-19(18(27)28-2)7-12(23)15(21-14(25)9-22)17(29-19)16(26)13(24)8-20/h3-6,12-13,15-17,22-24,26H,7-9,20H2,1-2H3,(H,21,25)/t12-,13+,15+,16+,17+,19+/m0/s1. The number of esters is 1. The van der Waals surface area contributed by atoms with Crippen molar-refractivity contribution in [3.63, 3.8) is 0 Å². The third-order valence-electron chi connectivity index (χ3n) is 4.82. The number of benzene rings is 1. The third-order valence-corrected chi connectivity index (χ3v) is 6.08. The van der Waals surface area contributed by atoms with Crippen molar-refractivity contribution < 1.29 is 39.5 Å². The van der Waals surface area contributed by atoms with Gasteiger partial charge in [0.25, 0.3) is 0 Å². The monoisotopic (exact) mass is 444 g/mol. The molecule has 11 heteroatoms. The van der Waals surface area contributed by atoms with E-state index < -0.39 is 53.9 Å². The lowest BCUT2D eigenvalue weighted by molar-refractivity contribution is -0.204. The Bertz CT molecular complexity index is 734. The SMILES string of the molecule is COC(=O)[C@]1(Sc2ccc(C)cc2)C[C@H](O)[C@@H](NC(=O)CO)[C@H]([C@H](O)[C@H](O)CN)O1. The van der Waals surface area contributed by atoms with Crippen LogP contribution in [0.3, 0.4) is 0 Å². The second-order valence-electron chi connectivity index (χ2n) is 7.06. The van der Waals surface area contributed by atoms with Gasteiger partial charge < -0.3 is 41.0 Å². The van der Waals surface area contributed by atoms with Gasteiger partial charge in [-0.3, -0.25) is 4.79 Å². The second-order valence-corrected chi connectivity index (χ2v) is 8.39. The van der Waals surface area contributed by atoms with Gasteiger partial charge in [-0.15, -0.1) is 0 Å². The van der Waals surface area contributed by atoms with Gasteiger partial charge >= 0.3 is 5.97 Å². The summed E-state index contributed by atoms with van der Waals surface area (Å²) in [5, 5.41) is 42.8. The number of hydrogen-bond acceptors (Lipinski definition) is 10. The summed E-state index contributed by atoms with van der Waals surface area (Å²) in [6.07, 6.45) is -6.16. The molecule has 0 radical (unpaired) electrons. The lowest BCUT2D eigenvalue weighted by Crippen LogP contribution is -2.67. The number of carbonyl (C=O) groups is 2. The average Bonchev–Trinajstić information content (AvgIpc) is 2.75. The van der Waals surface area contributed by atoms with Gasteiger partial charge in [-0.05, 0) is 19.1 Å². The summed E-state index contributed by atoms with van der Waals surface area (Å²) in [6, 6.07) is 5.99. The molecule has 1 amide bonds. The lowest BCUT2D eigenvalue weighted by atomic mass is 9.89. The number of aryl methyl sites for hydroxylation is 1. The topological polar surface area (TPSA) is 172 Å². The van der Waals surface area contributed by atoms with Crippen molar-refractivity contribution in [2.45, 2.75) is 53.6 Å². The smallest absolute Gasteiger partial charge is 0.349 e. The molecule has 1 saturated heterocycles. The Balaban J connectivity index is 2.44. The van der Waals surface area contributed by atoms with Crippen molar-refractivity contribution in [2.75, 3.05) is 20.3 Å². The minimum atomic E-state index is -1.76. The summed E-state index contributed by atoms with van der Waals surface area (Å²) in [6.45, 7) is 0.722. The highest BCUT2D eigenvalue weighted by molar-refractivity contribution is 8.01. The van der Waals surface area contributed by atoms with Crippen molar-refractivity contribution >= 4 is 23.6 Å². The number of nitrogens with one attached hydrogen (secondary N) is 1. The predicted octanol–water partition coefficient (Wildman–Crippen LogP) is -1.74. The number of rotatable bonds is 8. The molecule has 2 rings (SSSR count). The van der Waals surface area contributed by atoms with E-state index >= 15 is 0 Å². The number of aliphatic hydroxyl groups excluding tert-OH is 4. The summed E-state index contributed by atoms with van der Waals surface area (Å²) in [4.78, 5) is 23.3. The van der Waals surface area contributed by atoms with Crippen molar-refractivity contribution in [1.82, 2.24) is 5.32 Å². The number of carbonyl (C=O) groups excluding carboxylic acids is 2. The van der Waals surface area contributed by atoms with Crippen LogP contribution in [-0.2, 0) is 19.1 Å². The molecular weight excluding hydrogens is 416 g/mol. The molecule has 1 aliphatic heterocycles. The van der Waals surface area contributed by atoms with Crippen molar-refractivity contribution in [3.05, 3.63) is 29.8 Å². The molecule has 0 unspecified atom stereocenters. The molecule has 0 saturated carbocycles. The van der Waals surface area contributed by atoms with Gasteiger partial charge in [0, 0.05) is 17.9 Å². The van der Waals surface area contributed by atoms with E-state index in [0.29, 0.717) is 4.90 Å². The molecule has 1 heterocycles. The Labute approximate surface area is 178 Å². The Morgan fingerprint density at radius 3 is 2.53 bits per heavy atom. The molecule has 30 heavy (non-hydrogen) atoms. The highest BCUT2D eigenvalue weighted by Crippen LogP contribution is 2.44. The van der Waals surface area contributed by atoms with Crippen LogP contribution in [0.1, 0.15) is 12.0 Å². The maximum atomic E-state index is 12.7. The quantitative estimate of drug-likeness (QED) is 0.253. The summed E-state index contributed by atoms with van der Waals surface area (Å²) in [7, 11) is 1.16. The first-order valence-corrected chi connectivity index (χ1v) is 10.2. The number of thioether (sulfide) groups is 1. The maximum Gasteiger partial charge on any atom is 0.349 e. The zero-order valence-corrected chi connectivity index (χ0v) is 17.5. The minimum Gasteiger partial charge on any atom is -0.466 e. The van der Waals surface area contributed by atoms with E-state index in [0.717, 1.165) is 24.4 Å². The van der Waals surface area contributed by atoms with Gasteiger partial charge in [-0.1, -0.05) is 29.5 Å². The summed E-state index contributed by atoms with van der Waals surface area (Å²) in [5.41, 5.74) is 6.43. The number of aliphatic hydroxyl groups is 4. The number of amides is 1. The van der Waals surface area contributed by atoms with E-state index in [1.807, 2.05) is 19.1 Å². The van der Waals surface area contributed by atoms with Crippen LogP contribution < -0.4 is 11.1 Å². The first kappa shape index (κ1) is 24.5. The van der Waals surface area contributed by atoms with E-state index in [9.17, 15) is 24.9 Å². The van der Waals surface area contributed by atoms with Gasteiger partial charge in [0.1, 0.15) is 18.8 Å². The second kappa shape index (κ2) is 10.5. The predicted molar refractivity (Wildman–Crippen MR) is 107 cm³/mol. The molecule has 0 aliphatic carbocycles. The Hall–Kier alpha value is -1.73. The Morgan fingerprint density at radius 1 is 1.37 bits per heavy atom. The van der Waals surface area contributed by atoms with E-state index in [-0.39, 0.29) is 13.0 Å². The van der Waals surface area contributed by atoms with Crippen molar-refractivity contribution in [3.8, 4) is 0 Å². The third kappa shape index (κ3) is 5.49. The fourth-order valence-electron chi connectivity index (χ4n) is 3.20. The van der Waals surface area contributed by atoms with Gasteiger partial charge in [0.15, 0.2) is 0 Å². The van der Waals surface area contributed by atoms with Crippen molar-refractivity contribution in [2.24, 2.45) is 5.73 Å². The molecule has 6 atom stereocenters. The molecule has 1 aromatic carbocycles. The van der Waals surface area contributed by atoms with Crippen LogP contribution in [0.15, 0.2) is 29.2 Å². The molecule has 10 nitrogen and oxygen atoms in total. The summed E-state index contributed by atoms with van der Waals surface area (Å²) in [5.74, 6) is -1.63. The average molecular weight is 445 g/mol. The van der Waals surface area contributed by atoms with Crippen LogP contribution in [0.25, 0.3) is 0 Å². The highest BCUT2D eigenvalue weighted by Gasteiger charge is 2.55. The molecule has 0 spiro atoms. The van der Waals surface area contributed by atoms with Gasteiger partial charge in [0.2, 0.25) is 10.8 Å². The zero-order valence-electron chi connectivity index (χ0n) is 16.7. The molecule has 7 N–H and O–H groups in total. The molecule has 168 valence electrons. The number of ether oxygens (including phenoxy) is 2. The molecule has 1 aliphatic rings. The van der Waals surface area contributed by atoms with Crippen LogP contribution in [0.4, 0.5) is 0 Å². The van der Waals surface area contributed by atoms with Crippen molar-refractivity contribution in [1.29, 1.82) is 0 Å². The largest absolute Gasteiger partial charge is 0.466 e. The van der Waals surface area contributed by atoms with Crippen LogP contribution >= 0.6 is 11.8 Å². The number of hydrogen-bond donors (Lipinski definition) is 6. The molecule has 1 aromatic rings. The van der Waals surface area contributed by atoms with Gasteiger partial charge in [0.05, 0.1) is 25.4 Å². The first-order valence-electron chi connectivity index (χ1n) is 9.33. The normalized spacial score (nSPS) is 28.4. The van der Waals surface area contributed by atoms with Crippen LogP contribution in [0, 0.1) is 6.92 Å². The lowest BCUT2D eigenvalue weighted by Gasteiger charge is -2.47. The molecular formula is C19H28N2O8S. The minimum absolute atomic E-state index is 0.281. The van der Waals surface area contributed by atoms with E-state index in [1.165, 1.54) is 0 Å². The van der Waals surface area contributed by atoms with Crippen LogP contribution in [0.2, 0.25) is 0 Å². The summed E-state index contributed by atoms with van der Waals surface area (Å²) >= 11 is 0.981. The first-order chi connectivity index (χ1) is 14.2. The Kier molecular flexibility index (Phi) is 8.62. The van der Waals surface area contributed by atoms with Crippen LogP contribution in [0.5, 0.6) is 0 Å². The highest BCUT2D eigenvalue weighted by atomic mass is 32.2. The fraction of sp³-hybridized carbons (Fsp3) is 0.579. The van der Waals surface area contributed by atoms with E-state index in [1.54, 1.807) is 12.1 Å². The van der Waals surface area contributed by atoms with Crippen LogP contribution in [-0.4, -0.2) is 88.0 Å². The van der Waals surface area contributed by atoms with Gasteiger partial charge in [-0.2, -0.15) is 0 Å². The maximum absolute atomic E-state index is 12.7. The van der Waals surface area contributed by atoms with Gasteiger partial charge in [-0.25, -0.2) is 4.79 Å². The Morgan fingerprint density at radius 2 is 2.00 bits per heavy atom. The zero-order chi connectivity index (χ0) is 22.5. The van der Waals surface area contributed by atoms with E-state index in [2.05, 4.69) is 5.32 Å². The van der Waals surface area contributed by atoms with E-state index in [4.69, 9.17) is 20.3 Å². The molecule has 0 aromatic heterocycles. The molecule has 1 fully saturated rings. The fourth-order valence-corrected chi connectivity index (χ4v) is 4.44. The molecule has 0 bridgehead atoms. The number of methoxy groups -OCH3 is 1. The summed E-state index contributed by atoms with van der Waals surface area (Å²) < 4.78 is 10.8.